The normalized spacial score (nSPS) is 13.2. The molecule has 1 aromatic rings. The molecule has 0 saturated heterocycles. The predicted molar refractivity (Wildman–Crippen MR) is 145 cm³/mol. The van der Waals surface area contributed by atoms with Crippen molar-refractivity contribution in [2.24, 2.45) is 0 Å². The van der Waals surface area contributed by atoms with Crippen molar-refractivity contribution >= 4 is 29.7 Å². The molecule has 1 rings (SSSR count). The van der Waals surface area contributed by atoms with Crippen molar-refractivity contribution in [3.8, 4) is 0 Å². The van der Waals surface area contributed by atoms with Gasteiger partial charge in [-0.25, -0.2) is 4.79 Å². The fraction of sp³-hybridized carbons (Fsp3) is 0.667. The maximum atomic E-state index is 14.0. The van der Waals surface area contributed by atoms with Crippen molar-refractivity contribution in [2.45, 2.75) is 98.4 Å². The van der Waals surface area contributed by atoms with E-state index in [1.807, 2.05) is 59.1 Å². The van der Waals surface area contributed by atoms with E-state index in [0.717, 1.165) is 29.5 Å². The van der Waals surface area contributed by atoms with E-state index < -0.39 is 23.8 Å². The van der Waals surface area contributed by atoms with Crippen LogP contribution in [0.1, 0.15) is 83.5 Å². The molecule has 0 aliphatic heterocycles. The standard InChI is InChI=1S/C27H45N3O4S/c1-10-11-15-30(25(32)22(14-16-35-9)29-26(33)34-27(6,7)8)23(24(31)28-18(2)3)21-13-12-19(4)20(5)17-21/h12-13,17-18,22-23H,10-11,14-16H2,1-9H3,(H,28,31)(H,29,33). The monoisotopic (exact) mass is 507 g/mol. The van der Waals surface area contributed by atoms with Gasteiger partial charge in [-0.05, 0) is 90.0 Å². The topological polar surface area (TPSA) is 87.7 Å². The van der Waals surface area contributed by atoms with E-state index >= 15 is 0 Å². The Labute approximate surface area is 216 Å². The molecular formula is C27H45N3O4S. The second-order valence-electron chi connectivity index (χ2n) is 10.3. The first-order chi connectivity index (χ1) is 16.3. The number of unbranched alkanes of at least 4 members (excludes halogenated alkanes) is 1. The number of nitrogens with zero attached hydrogens (tertiary/aromatic N) is 1. The zero-order valence-corrected chi connectivity index (χ0v) is 23.8. The van der Waals surface area contributed by atoms with Gasteiger partial charge < -0.3 is 20.3 Å². The second kappa shape index (κ2) is 14.4. The molecule has 0 radical (unpaired) electrons. The van der Waals surface area contributed by atoms with Crippen LogP contribution in [0.2, 0.25) is 0 Å². The van der Waals surface area contributed by atoms with Gasteiger partial charge in [0.05, 0.1) is 0 Å². The van der Waals surface area contributed by atoms with Gasteiger partial charge in [0.25, 0.3) is 0 Å². The van der Waals surface area contributed by atoms with Gasteiger partial charge in [0.1, 0.15) is 17.7 Å². The quantitative estimate of drug-likeness (QED) is 0.409. The Morgan fingerprint density at radius 1 is 1.09 bits per heavy atom. The maximum absolute atomic E-state index is 14.0. The summed E-state index contributed by atoms with van der Waals surface area (Å²) in [6.07, 6.45) is 3.36. The first-order valence-electron chi connectivity index (χ1n) is 12.5. The van der Waals surface area contributed by atoms with Crippen LogP contribution in [-0.4, -0.2) is 59.0 Å². The number of nitrogens with one attached hydrogen (secondary N) is 2. The number of alkyl carbamates (subject to hydrolysis) is 1. The lowest BCUT2D eigenvalue weighted by molar-refractivity contribution is -0.142. The Hall–Kier alpha value is -2.22. The molecule has 7 nitrogen and oxygen atoms in total. The van der Waals surface area contributed by atoms with Crippen LogP contribution in [0.4, 0.5) is 4.79 Å². The summed E-state index contributed by atoms with van der Waals surface area (Å²) in [4.78, 5) is 41.7. The van der Waals surface area contributed by atoms with Gasteiger partial charge in [0.2, 0.25) is 11.8 Å². The average Bonchev–Trinajstić information content (AvgIpc) is 2.73. The Kier molecular flexibility index (Phi) is 12.6. The molecule has 3 amide bonds. The van der Waals surface area contributed by atoms with Crippen LogP contribution in [0.5, 0.6) is 0 Å². The van der Waals surface area contributed by atoms with E-state index in [1.54, 1.807) is 37.4 Å². The first-order valence-corrected chi connectivity index (χ1v) is 13.9. The Morgan fingerprint density at radius 2 is 1.74 bits per heavy atom. The minimum atomic E-state index is -0.798. The van der Waals surface area contributed by atoms with E-state index in [4.69, 9.17) is 4.74 Å². The van der Waals surface area contributed by atoms with Crippen molar-refractivity contribution < 1.29 is 19.1 Å². The molecule has 0 spiro atoms. The zero-order valence-electron chi connectivity index (χ0n) is 23.0. The number of amides is 3. The number of hydrogen-bond donors (Lipinski definition) is 2. The molecular weight excluding hydrogens is 462 g/mol. The smallest absolute Gasteiger partial charge is 0.408 e. The average molecular weight is 508 g/mol. The van der Waals surface area contributed by atoms with Gasteiger partial charge in [-0.2, -0.15) is 11.8 Å². The number of thioether (sulfide) groups is 1. The predicted octanol–water partition coefficient (Wildman–Crippen LogP) is 5.14. The number of carbonyl (C=O) groups is 3. The summed E-state index contributed by atoms with van der Waals surface area (Å²) in [5, 5.41) is 5.77. The number of benzene rings is 1. The van der Waals surface area contributed by atoms with Gasteiger partial charge in [0, 0.05) is 12.6 Å². The minimum Gasteiger partial charge on any atom is -0.444 e. The molecule has 0 aliphatic rings. The molecule has 0 fully saturated rings. The zero-order chi connectivity index (χ0) is 26.8. The van der Waals surface area contributed by atoms with Crippen LogP contribution in [0.15, 0.2) is 18.2 Å². The highest BCUT2D eigenvalue weighted by atomic mass is 32.2. The fourth-order valence-electron chi connectivity index (χ4n) is 3.61. The van der Waals surface area contributed by atoms with Gasteiger partial charge in [-0.3, -0.25) is 9.59 Å². The summed E-state index contributed by atoms with van der Waals surface area (Å²) in [6, 6.07) is 4.20. The van der Waals surface area contributed by atoms with E-state index in [0.29, 0.717) is 18.7 Å². The number of ether oxygens (including phenoxy) is 1. The van der Waals surface area contributed by atoms with Crippen LogP contribution in [0.25, 0.3) is 0 Å². The summed E-state index contributed by atoms with van der Waals surface area (Å²) >= 11 is 1.60. The van der Waals surface area contributed by atoms with Crippen LogP contribution in [0, 0.1) is 13.8 Å². The van der Waals surface area contributed by atoms with E-state index in [-0.39, 0.29) is 17.9 Å². The van der Waals surface area contributed by atoms with Crippen molar-refractivity contribution in [1.29, 1.82) is 0 Å². The van der Waals surface area contributed by atoms with Gasteiger partial charge in [-0.15, -0.1) is 0 Å². The van der Waals surface area contributed by atoms with E-state index in [2.05, 4.69) is 10.6 Å². The molecule has 0 aromatic heterocycles. The molecule has 2 unspecified atom stereocenters. The fourth-order valence-corrected chi connectivity index (χ4v) is 4.08. The molecule has 0 aliphatic carbocycles. The molecule has 8 heteroatoms. The number of carbonyl (C=O) groups excluding carboxylic acids is 3. The Balaban J connectivity index is 3.47. The van der Waals surface area contributed by atoms with Gasteiger partial charge in [-0.1, -0.05) is 31.5 Å². The van der Waals surface area contributed by atoms with Crippen molar-refractivity contribution in [2.75, 3.05) is 18.6 Å². The third-order valence-corrected chi connectivity index (χ3v) is 6.12. The molecule has 2 atom stereocenters. The molecule has 2 N–H and O–H groups in total. The van der Waals surface area contributed by atoms with Crippen LogP contribution in [0.3, 0.4) is 0 Å². The SMILES string of the molecule is CCCCN(C(=O)C(CCSC)NC(=O)OC(C)(C)C)C(C(=O)NC(C)C)c1ccc(C)c(C)c1. The highest BCUT2D eigenvalue weighted by molar-refractivity contribution is 7.98. The van der Waals surface area contributed by atoms with Gasteiger partial charge >= 0.3 is 6.09 Å². The maximum Gasteiger partial charge on any atom is 0.408 e. The lowest BCUT2D eigenvalue weighted by atomic mass is 9.97. The molecule has 35 heavy (non-hydrogen) atoms. The Morgan fingerprint density at radius 3 is 2.26 bits per heavy atom. The summed E-state index contributed by atoms with van der Waals surface area (Å²) in [7, 11) is 0. The number of rotatable bonds is 12. The van der Waals surface area contributed by atoms with Crippen molar-refractivity contribution in [3.63, 3.8) is 0 Å². The van der Waals surface area contributed by atoms with Crippen LogP contribution in [-0.2, 0) is 14.3 Å². The van der Waals surface area contributed by atoms with E-state index in [1.165, 1.54) is 0 Å². The molecule has 0 heterocycles. The lowest BCUT2D eigenvalue weighted by Crippen LogP contribution is -2.54. The second-order valence-corrected chi connectivity index (χ2v) is 11.3. The molecule has 198 valence electrons. The summed E-state index contributed by atoms with van der Waals surface area (Å²) in [5.74, 6) is 0.175. The lowest BCUT2D eigenvalue weighted by Gasteiger charge is -2.35. The molecule has 0 bridgehead atoms. The largest absolute Gasteiger partial charge is 0.444 e. The first kappa shape index (κ1) is 30.8. The number of aryl methyl sites for hydroxylation is 2. The molecule has 0 saturated carbocycles. The van der Waals surface area contributed by atoms with E-state index in [9.17, 15) is 14.4 Å². The van der Waals surface area contributed by atoms with Gasteiger partial charge in [0.15, 0.2) is 0 Å². The highest BCUT2D eigenvalue weighted by Crippen LogP contribution is 2.26. The van der Waals surface area contributed by atoms with Crippen molar-refractivity contribution in [3.05, 3.63) is 34.9 Å². The minimum absolute atomic E-state index is 0.0770. The van der Waals surface area contributed by atoms with Crippen LogP contribution < -0.4 is 10.6 Å². The van der Waals surface area contributed by atoms with Crippen molar-refractivity contribution in [1.82, 2.24) is 15.5 Å². The Bertz CT molecular complexity index is 851. The molecule has 1 aromatic carbocycles. The summed E-state index contributed by atoms with van der Waals surface area (Å²) in [6.45, 7) is 15.6. The van der Waals surface area contributed by atoms with Crippen LogP contribution >= 0.6 is 11.8 Å². The summed E-state index contributed by atoms with van der Waals surface area (Å²) < 4.78 is 5.43. The third-order valence-electron chi connectivity index (χ3n) is 5.47. The third kappa shape index (κ3) is 10.5. The number of hydrogen-bond acceptors (Lipinski definition) is 5. The highest BCUT2D eigenvalue weighted by Gasteiger charge is 2.36. The summed E-state index contributed by atoms with van der Waals surface area (Å²) in [5.41, 5.74) is 2.25.